The molecular weight excluding hydrogens is 335 g/mol. The number of unbranched alkanes of at least 4 members (excludes halogenated alkanes) is 1. The molecule has 1 aliphatic carbocycles. The second kappa shape index (κ2) is 9.96. The van der Waals surface area contributed by atoms with Gasteiger partial charge >= 0.3 is 0 Å². The van der Waals surface area contributed by atoms with Crippen LogP contribution < -0.4 is 0 Å². The van der Waals surface area contributed by atoms with Gasteiger partial charge in [-0.3, -0.25) is 0 Å². The molecule has 0 N–H and O–H groups in total. The number of hydrogen-bond acceptors (Lipinski definition) is 2. The van der Waals surface area contributed by atoms with E-state index in [2.05, 4.69) is 30.1 Å². The number of nitrogens with zero attached hydrogens (tertiary/aromatic N) is 2. The fourth-order valence-corrected chi connectivity index (χ4v) is 4.22. The minimum Gasteiger partial charge on any atom is -0.206 e. The van der Waals surface area contributed by atoms with Gasteiger partial charge in [-0.2, -0.15) is 10.2 Å². The summed E-state index contributed by atoms with van der Waals surface area (Å²) in [7, 11) is 0. The van der Waals surface area contributed by atoms with E-state index in [1.165, 1.54) is 38.5 Å². The van der Waals surface area contributed by atoms with Crippen LogP contribution in [0, 0.1) is 17.7 Å². The van der Waals surface area contributed by atoms with E-state index in [1.807, 2.05) is 18.2 Å². The first kappa shape index (κ1) is 20.0. The van der Waals surface area contributed by atoms with Crippen molar-refractivity contribution < 1.29 is 4.39 Å². The minimum atomic E-state index is -0.183. The molecule has 1 aromatic carbocycles. The standard InChI is InChI=1S/C24H33FN2/c1-3-5-6-21-14-16-24(27-26-21)22-15-13-20(17-23(22)25)12-11-19-9-7-18(4-2)8-10-19/h13-19H,3-12H2,1-2H3. The van der Waals surface area contributed by atoms with Crippen LogP contribution >= 0.6 is 0 Å². The van der Waals surface area contributed by atoms with Gasteiger partial charge in [0.05, 0.1) is 11.4 Å². The van der Waals surface area contributed by atoms with Gasteiger partial charge in [-0.15, -0.1) is 0 Å². The normalized spacial score (nSPS) is 20.0. The summed E-state index contributed by atoms with van der Waals surface area (Å²) >= 11 is 0. The summed E-state index contributed by atoms with van der Waals surface area (Å²) in [6, 6.07) is 9.48. The van der Waals surface area contributed by atoms with Gasteiger partial charge in [0, 0.05) is 5.56 Å². The molecule has 27 heavy (non-hydrogen) atoms. The second-order valence-electron chi connectivity index (χ2n) is 8.16. The Kier molecular flexibility index (Phi) is 7.37. The van der Waals surface area contributed by atoms with Crippen molar-refractivity contribution in [3.63, 3.8) is 0 Å². The third-order valence-corrected chi connectivity index (χ3v) is 6.20. The van der Waals surface area contributed by atoms with E-state index in [0.717, 1.165) is 48.8 Å². The zero-order valence-corrected chi connectivity index (χ0v) is 16.9. The third kappa shape index (κ3) is 5.60. The Hall–Kier alpha value is -1.77. The molecule has 1 heterocycles. The highest BCUT2D eigenvalue weighted by Gasteiger charge is 2.19. The molecule has 1 fully saturated rings. The van der Waals surface area contributed by atoms with Crippen LogP contribution in [-0.2, 0) is 12.8 Å². The predicted molar refractivity (Wildman–Crippen MR) is 110 cm³/mol. The molecule has 3 heteroatoms. The Bertz CT molecular complexity index is 703. The van der Waals surface area contributed by atoms with Crippen LogP contribution in [0.4, 0.5) is 4.39 Å². The summed E-state index contributed by atoms with van der Waals surface area (Å²) < 4.78 is 14.6. The van der Waals surface area contributed by atoms with Crippen LogP contribution in [0.3, 0.4) is 0 Å². The average Bonchev–Trinajstić information content (AvgIpc) is 2.71. The maximum absolute atomic E-state index is 14.6. The summed E-state index contributed by atoms with van der Waals surface area (Å²) in [6.45, 7) is 4.47. The van der Waals surface area contributed by atoms with Gasteiger partial charge in [0.2, 0.25) is 0 Å². The van der Waals surface area contributed by atoms with Crippen molar-refractivity contribution in [2.24, 2.45) is 11.8 Å². The van der Waals surface area contributed by atoms with Crippen molar-refractivity contribution >= 4 is 0 Å². The highest BCUT2D eigenvalue weighted by molar-refractivity contribution is 5.59. The fraction of sp³-hybridized carbons (Fsp3) is 0.583. The third-order valence-electron chi connectivity index (χ3n) is 6.20. The number of rotatable bonds is 8. The van der Waals surface area contributed by atoms with Crippen LogP contribution in [0.1, 0.15) is 76.5 Å². The Morgan fingerprint density at radius 1 is 0.926 bits per heavy atom. The maximum Gasteiger partial charge on any atom is 0.132 e. The topological polar surface area (TPSA) is 25.8 Å². The molecule has 1 aliphatic rings. The van der Waals surface area contributed by atoms with Gasteiger partial charge in [0.1, 0.15) is 5.82 Å². The lowest BCUT2D eigenvalue weighted by atomic mass is 9.78. The van der Waals surface area contributed by atoms with Crippen molar-refractivity contribution in [2.45, 2.75) is 78.1 Å². The quantitative estimate of drug-likeness (QED) is 0.513. The first-order valence-electron chi connectivity index (χ1n) is 10.8. The molecule has 0 atom stereocenters. The van der Waals surface area contributed by atoms with E-state index in [0.29, 0.717) is 11.3 Å². The monoisotopic (exact) mass is 368 g/mol. The zero-order valence-electron chi connectivity index (χ0n) is 16.9. The summed E-state index contributed by atoms with van der Waals surface area (Å²) in [5, 5.41) is 8.49. The molecule has 0 unspecified atom stereocenters. The second-order valence-corrected chi connectivity index (χ2v) is 8.16. The number of aryl methyl sites for hydroxylation is 2. The fourth-order valence-electron chi connectivity index (χ4n) is 4.22. The molecule has 1 saturated carbocycles. The Morgan fingerprint density at radius 3 is 2.33 bits per heavy atom. The molecule has 2 nitrogen and oxygen atoms in total. The minimum absolute atomic E-state index is 0.183. The lowest BCUT2D eigenvalue weighted by Crippen LogP contribution is -2.14. The number of benzene rings is 1. The smallest absolute Gasteiger partial charge is 0.132 e. The molecule has 146 valence electrons. The highest BCUT2D eigenvalue weighted by atomic mass is 19.1. The van der Waals surface area contributed by atoms with Gasteiger partial charge < -0.3 is 0 Å². The van der Waals surface area contributed by atoms with Crippen LogP contribution in [0.15, 0.2) is 30.3 Å². The molecule has 1 aromatic heterocycles. The molecule has 0 bridgehead atoms. The van der Waals surface area contributed by atoms with E-state index in [9.17, 15) is 4.39 Å². The van der Waals surface area contributed by atoms with Gasteiger partial charge in [-0.25, -0.2) is 4.39 Å². The molecule has 0 saturated heterocycles. The Labute approximate surface area is 163 Å². The van der Waals surface area contributed by atoms with Crippen molar-refractivity contribution in [2.75, 3.05) is 0 Å². The van der Waals surface area contributed by atoms with Crippen LogP contribution in [-0.4, -0.2) is 10.2 Å². The van der Waals surface area contributed by atoms with E-state index in [-0.39, 0.29) is 5.82 Å². The lowest BCUT2D eigenvalue weighted by Gasteiger charge is -2.27. The molecule has 0 radical (unpaired) electrons. The van der Waals surface area contributed by atoms with E-state index in [1.54, 1.807) is 6.07 Å². The molecule has 3 rings (SSSR count). The number of halogens is 1. The Balaban J connectivity index is 1.57. The lowest BCUT2D eigenvalue weighted by molar-refractivity contribution is 0.259. The maximum atomic E-state index is 14.6. The molecule has 0 spiro atoms. The van der Waals surface area contributed by atoms with Crippen LogP contribution in [0.5, 0.6) is 0 Å². The van der Waals surface area contributed by atoms with Crippen molar-refractivity contribution in [3.05, 3.63) is 47.4 Å². The molecule has 0 amide bonds. The zero-order chi connectivity index (χ0) is 19.1. The largest absolute Gasteiger partial charge is 0.206 e. The summed E-state index contributed by atoms with van der Waals surface area (Å²) in [6.07, 6.45) is 12.1. The van der Waals surface area contributed by atoms with Crippen molar-refractivity contribution in [1.82, 2.24) is 10.2 Å². The number of aromatic nitrogens is 2. The van der Waals surface area contributed by atoms with Gasteiger partial charge in [0.15, 0.2) is 0 Å². The molecule has 0 aliphatic heterocycles. The number of hydrogen-bond donors (Lipinski definition) is 0. The van der Waals surface area contributed by atoms with E-state index >= 15 is 0 Å². The SMILES string of the molecule is CCCCc1ccc(-c2ccc(CCC3CCC(CC)CC3)cc2F)nn1. The van der Waals surface area contributed by atoms with Crippen molar-refractivity contribution in [3.8, 4) is 11.3 Å². The van der Waals surface area contributed by atoms with Crippen molar-refractivity contribution in [1.29, 1.82) is 0 Å². The summed E-state index contributed by atoms with van der Waals surface area (Å²) in [4.78, 5) is 0. The highest BCUT2D eigenvalue weighted by Crippen LogP contribution is 2.33. The summed E-state index contributed by atoms with van der Waals surface area (Å²) in [5.41, 5.74) is 3.26. The first-order valence-corrected chi connectivity index (χ1v) is 10.8. The van der Waals surface area contributed by atoms with Gasteiger partial charge in [-0.05, 0) is 67.3 Å². The van der Waals surface area contributed by atoms with E-state index in [4.69, 9.17) is 0 Å². The van der Waals surface area contributed by atoms with Gasteiger partial charge in [-0.1, -0.05) is 58.4 Å². The van der Waals surface area contributed by atoms with Gasteiger partial charge in [0.25, 0.3) is 0 Å². The predicted octanol–water partition coefficient (Wildman–Crippen LogP) is 6.77. The first-order chi connectivity index (χ1) is 13.2. The average molecular weight is 369 g/mol. The summed E-state index contributed by atoms with van der Waals surface area (Å²) in [5.74, 6) is 1.57. The van der Waals surface area contributed by atoms with Crippen LogP contribution in [0.25, 0.3) is 11.3 Å². The van der Waals surface area contributed by atoms with E-state index < -0.39 is 0 Å². The van der Waals surface area contributed by atoms with Crippen LogP contribution in [0.2, 0.25) is 0 Å². The molecular formula is C24H33FN2. The Morgan fingerprint density at radius 2 is 1.70 bits per heavy atom. The molecule has 2 aromatic rings.